The molecule has 0 spiro atoms. The van der Waals surface area contributed by atoms with Crippen LogP contribution in [0.5, 0.6) is 0 Å². The second kappa shape index (κ2) is 7.16. The van der Waals surface area contributed by atoms with Crippen LogP contribution >= 0.6 is 0 Å². The molecule has 0 N–H and O–H groups in total. The molecular weight excluding hydrogens is 373 g/mol. The van der Waals surface area contributed by atoms with Gasteiger partial charge in [-0.15, -0.1) is 0 Å². The molecule has 148 valence electrons. The van der Waals surface area contributed by atoms with E-state index < -0.39 is 24.2 Å². The Morgan fingerprint density at radius 1 is 0.556 bits per heavy atom. The number of rotatable bonds is 5. The lowest BCUT2D eigenvalue weighted by atomic mass is 9.97. The minimum atomic E-state index is -1.38. The van der Waals surface area contributed by atoms with E-state index in [0.717, 1.165) is 0 Å². The lowest BCUT2D eigenvalue weighted by molar-refractivity contribution is 1.30. The van der Waals surface area contributed by atoms with Crippen LogP contribution in [0.2, 0.25) is 58.9 Å². The van der Waals surface area contributed by atoms with E-state index in [2.05, 4.69) is 104 Å². The largest absolute Gasteiger partial charge is 0.0782 e. The molecule has 1 aromatic rings. The standard InChI is InChI=1S/C24H40Si3/c1-17-15-18(2)20(19(3)16-17)13-14-21-22(25(4,5)6)24(27(10,11)12)23(21)26(7,8)9/h13-16H,1-12H3/b14-13+. The van der Waals surface area contributed by atoms with Gasteiger partial charge in [-0.3, -0.25) is 0 Å². The summed E-state index contributed by atoms with van der Waals surface area (Å²) in [6.45, 7) is 29.5. The molecule has 0 atom stereocenters. The lowest BCUT2D eigenvalue weighted by Gasteiger charge is -2.46. The summed E-state index contributed by atoms with van der Waals surface area (Å²) in [5.74, 6) is 0. The van der Waals surface area contributed by atoms with Gasteiger partial charge in [0.15, 0.2) is 0 Å². The van der Waals surface area contributed by atoms with Gasteiger partial charge in [-0.1, -0.05) is 104 Å². The molecule has 1 aromatic carbocycles. The van der Waals surface area contributed by atoms with Gasteiger partial charge < -0.3 is 0 Å². The van der Waals surface area contributed by atoms with Gasteiger partial charge in [0.05, 0.1) is 24.2 Å². The average Bonchev–Trinajstić information content (AvgIpc) is 2.34. The van der Waals surface area contributed by atoms with Crippen molar-refractivity contribution < 1.29 is 0 Å². The van der Waals surface area contributed by atoms with Crippen LogP contribution in [0.1, 0.15) is 22.3 Å². The second-order valence-electron chi connectivity index (χ2n) is 11.4. The summed E-state index contributed by atoms with van der Waals surface area (Å²) >= 11 is 0. The number of hydrogen-bond acceptors (Lipinski definition) is 0. The van der Waals surface area contributed by atoms with Crippen molar-refractivity contribution in [1.29, 1.82) is 0 Å². The van der Waals surface area contributed by atoms with Crippen LogP contribution in [0.3, 0.4) is 0 Å². The number of benzene rings is 1. The van der Waals surface area contributed by atoms with Crippen molar-refractivity contribution >= 4 is 30.3 Å². The van der Waals surface area contributed by atoms with Crippen LogP contribution in [0.25, 0.3) is 6.08 Å². The predicted octanol–water partition coefficient (Wildman–Crippen LogP) is 7.86. The van der Waals surface area contributed by atoms with Crippen LogP contribution < -0.4 is 0 Å². The molecule has 0 unspecified atom stereocenters. The maximum atomic E-state index is 2.54. The summed E-state index contributed by atoms with van der Waals surface area (Å²) in [5.41, 5.74) is 7.16. The summed E-state index contributed by atoms with van der Waals surface area (Å²) in [6.07, 6.45) is 4.89. The van der Waals surface area contributed by atoms with E-state index in [1.807, 2.05) is 5.20 Å². The van der Waals surface area contributed by atoms with Gasteiger partial charge in [0.1, 0.15) is 0 Å². The van der Waals surface area contributed by atoms with Crippen molar-refractivity contribution in [3.05, 3.63) is 61.6 Å². The third kappa shape index (κ3) is 4.57. The Bertz CT molecular complexity index is 822. The first kappa shape index (κ1) is 22.4. The fourth-order valence-corrected chi connectivity index (χ4v) is 14.9. The van der Waals surface area contributed by atoms with Gasteiger partial charge in [-0.05, 0) is 43.0 Å². The summed E-state index contributed by atoms with van der Waals surface area (Å²) in [4.78, 5) is 0. The minimum absolute atomic E-state index is 1.34. The topological polar surface area (TPSA) is 0 Å². The highest BCUT2D eigenvalue weighted by Gasteiger charge is 2.44. The predicted molar refractivity (Wildman–Crippen MR) is 134 cm³/mol. The monoisotopic (exact) mass is 412 g/mol. The zero-order valence-corrected chi connectivity index (χ0v) is 22.8. The summed E-state index contributed by atoms with van der Waals surface area (Å²) in [7, 11) is -4.10. The molecule has 0 aliphatic heterocycles. The Kier molecular flexibility index (Phi) is 5.94. The van der Waals surface area contributed by atoms with Crippen LogP contribution in [-0.4, -0.2) is 24.2 Å². The van der Waals surface area contributed by atoms with Crippen molar-refractivity contribution in [3.8, 4) is 0 Å². The van der Waals surface area contributed by atoms with E-state index in [0.29, 0.717) is 0 Å². The molecule has 0 saturated carbocycles. The van der Waals surface area contributed by atoms with Gasteiger partial charge >= 0.3 is 0 Å². The quantitative estimate of drug-likeness (QED) is 0.432. The lowest BCUT2D eigenvalue weighted by Crippen LogP contribution is -2.46. The summed E-state index contributed by atoms with van der Waals surface area (Å²) in [5, 5.41) is 5.38. The number of hydrogen-bond donors (Lipinski definition) is 0. The van der Waals surface area contributed by atoms with Gasteiger partial charge in [-0.2, -0.15) is 0 Å². The first-order valence-corrected chi connectivity index (χ1v) is 20.8. The molecule has 0 aromatic heterocycles. The fourth-order valence-electron chi connectivity index (χ4n) is 4.55. The van der Waals surface area contributed by atoms with E-state index in [9.17, 15) is 0 Å². The molecule has 1 aliphatic carbocycles. The zero-order chi connectivity index (χ0) is 20.9. The highest BCUT2D eigenvalue weighted by Crippen LogP contribution is 2.49. The molecular formula is C24H40Si3. The van der Waals surface area contributed by atoms with Crippen LogP contribution in [0.15, 0.2) is 39.4 Å². The Balaban J connectivity index is 2.65. The average molecular weight is 413 g/mol. The summed E-state index contributed by atoms with van der Waals surface area (Å²) in [6, 6.07) is 4.62. The fraction of sp³-hybridized carbons (Fsp3) is 0.500. The highest BCUT2D eigenvalue weighted by atomic mass is 28.3. The Hall–Kier alpha value is -0.909. The Morgan fingerprint density at radius 3 is 1.33 bits per heavy atom. The van der Waals surface area contributed by atoms with Crippen LogP contribution in [0.4, 0.5) is 0 Å². The Labute approximate surface area is 171 Å². The van der Waals surface area contributed by atoms with Gasteiger partial charge in [0.2, 0.25) is 0 Å². The minimum Gasteiger partial charge on any atom is -0.0656 e. The third-order valence-electron chi connectivity index (χ3n) is 5.44. The Morgan fingerprint density at radius 2 is 0.963 bits per heavy atom. The third-order valence-corrected chi connectivity index (χ3v) is 12.0. The first-order chi connectivity index (χ1) is 12.0. The molecule has 0 saturated heterocycles. The van der Waals surface area contributed by atoms with Crippen molar-refractivity contribution in [3.63, 3.8) is 0 Å². The van der Waals surface area contributed by atoms with Crippen LogP contribution in [0, 0.1) is 20.8 Å². The SMILES string of the molecule is Cc1cc(C)c(/C=C/C2=C([Si](C)(C)C)C([Si](C)(C)C)=C2[Si](C)(C)C)c(C)c1. The van der Waals surface area contributed by atoms with Gasteiger partial charge in [0.25, 0.3) is 0 Å². The van der Waals surface area contributed by atoms with Crippen LogP contribution in [-0.2, 0) is 0 Å². The maximum Gasteiger partial charge on any atom is 0.0782 e. The van der Waals surface area contributed by atoms with E-state index >= 15 is 0 Å². The van der Waals surface area contributed by atoms with Crippen molar-refractivity contribution in [2.24, 2.45) is 0 Å². The van der Waals surface area contributed by atoms with Crippen molar-refractivity contribution in [2.75, 3.05) is 0 Å². The van der Waals surface area contributed by atoms with E-state index in [1.54, 1.807) is 16.0 Å². The van der Waals surface area contributed by atoms with Gasteiger partial charge in [-0.25, -0.2) is 0 Å². The van der Waals surface area contributed by atoms with Gasteiger partial charge in [0, 0.05) is 0 Å². The maximum absolute atomic E-state index is 2.54. The highest BCUT2D eigenvalue weighted by molar-refractivity contribution is 6.97. The second-order valence-corrected chi connectivity index (χ2v) is 26.4. The molecule has 3 heteroatoms. The molecule has 0 amide bonds. The molecule has 0 nitrogen and oxygen atoms in total. The normalized spacial score (nSPS) is 16.4. The number of aryl methyl sites for hydroxylation is 3. The zero-order valence-electron chi connectivity index (χ0n) is 19.8. The molecule has 27 heavy (non-hydrogen) atoms. The van der Waals surface area contributed by atoms with E-state index in [1.165, 1.54) is 22.3 Å². The van der Waals surface area contributed by atoms with Crippen molar-refractivity contribution in [2.45, 2.75) is 79.7 Å². The molecule has 0 heterocycles. The van der Waals surface area contributed by atoms with Crippen molar-refractivity contribution in [1.82, 2.24) is 0 Å². The number of allylic oxidation sites excluding steroid dienone is 5. The van der Waals surface area contributed by atoms with E-state index in [4.69, 9.17) is 0 Å². The summed E-state index contributed by atoms with van der Waals surface area (Å²) < 4.78 is 0. The molecule has 2 rings (SSSR count). The molecule has 0 fully saturated rings. The molecule has 1 aliphatic rings. The first-order valence-electron chi connectivity index (χ1n) is 10.3. The molecule has 0 bridgehead atoms. The smallest absolute Gasteiger partial charge is 0.0656 e. The van der Waals surface area contributed by atoms with E-state index in [-0.39, 0.29) is 0 Å². The molecule has 0 radical (unpaired) electrons.